The number of nitrogens with zero attached hydrogens (tertiary/aromatic N) is 2. The lowest BCUT2D eigenvalue weighted by Gasteiger charge is -2.26. The Morgan fingerprint density at radius 2 is 1.93 bits per heavy atom. The van der Waals surface area contributed by atoms with Crippen molar-refractivity contribution < 1.29 is 13.6 Å². The van der Waals surface area contributed by atoms with Crippen molar-refractivity contribution in [1.82, 2.24) is 9.78 Å². The number of fused-ring (bicyclic) bond motifs is 1. The van der Waals surface area contributed by atoms with Crippen LogP contribution in [0.25, 0.3) is 5.69 Å². The predicted octanol–water partition coefficient (Wildman–Crippen LogP) is 4.64. The fraction of sp³-hybridized carbons (Fsp3) is 0.273. The van der Waals surface area contributed by atoms with Crippen molar-refractivity contribution in [3.63, 3.8) is 0 Å². The first kappa shape index (κ1) is 19.0. The van der Waals surface area contributed by atoms with E-state index in [9.17, 15) is 13.6 Å². The number of hydrogen-bond acceptors (Lipinski definition) is 2. The second-order valence-corrected chi connectivity index (χ2v) is 7.00. The van der Waals surface area contributed by atoms with Crippen LogP contribution in [-0.4, -0.2) is 16.1 Å². The van der Waals surface area contributed by atoms with Crippen molar-refractivity contribution in [2.75, 3.05) is 0 Å². The molecule has 3 aromatic rings. The lowest BCUT2D eigenvalue weighted by atomic mass is 9.76. The van der Waals surface area contributed by atoms with Crippen molar-refractivity contribution in [3.8, 4) is 5.69 Å². The maximum Gasteiger partial charge on any atom is 0.151 e. The monoisotopic (exact) mass is 368 g/mol. The normalized spacial score (nSPS) is 18.1. The second kappa shape index (κ2) is 6.72. The number of hydrogen-bond donors (Lipinski definition) is 0. The van der Waals surface area contributed by atoms with Gasteiger partial charge in [-0.1, -0.05) is 25.6 Å². The number of aldehydes is 1. The zero-order chi connectivity index (χ0) is 18.5. The van der Waals surface area contributed by atoms with Gasteiger partial charge < -0.3 is 4.79 Å². The minimum absolute atomic E-state index is 0. The number of aryl methyl sites for hydroxylation is 1. The van der Waals surface area contributed by atoms with Crippen molar-refractivity contribution in [2.45, 2.75) is 39.5 Å². The fourth-order valence-corrected chi connectivity index (χ4v) is 3.93. The minimum Gasteiger partial charge on any atom is -0.302 e. The molecule has 0 unspecified atom stereocenters. The average molecular weight is 368 g/mol. The van der Waals surface area contributed by atoms with Crippen LogP contribution in [-0.2, 0) is 23.1 Å². The van der Waals surface area contributed by atoms with Gasteiger partial charge in [-0.3, -0.25) is 0 Å². The van der Waals surface area contributed by atoms with Crippen molar-refractivity contribution >= 4 is 6.29 Å². The number of halogens is 2. The number of aromatic nitrogens is 2. The predicted molar refractivity (Wildman–Crippen MR) is 101 cm³/mol. The van der Waals surface area contributed by atoms with Gasteiger partial charge in [0.05, 0.1) is 11.6 Å². The van der Waals surface area contributed by atoms with E-state index in [1.807, 2.05) is 32.0 Å². The standard InChI is InChI=1S/C21H18F2N2O.CH4/c1-13-4-3-5-17(14(13)2)21(12-26)9-15-11-24-25(20(15)10-21)19-7-6-16(22)8-18(19)23;/h3-8,11-12H,9-10H2,1-2H3;1H4/t21-;/m1./s1. The van der Waals surface area contributed by atoms with Gasteiger partial charge in [0, 0.05) is 18.2 Å². The van der Waals surface area contributed by atoms with E-state index in [4.69, 9.17) is 0 Å². The summed E-state index contributed by atoms with van der Waals surface area (Å²) >= 11 is 0. The Bertz CT molecular complexity index is 1030. The van der Waals surface area contributed by atoms with Crippen LogP contribution in [0.15, 0.2) is 42.6 Å². The largest absolute Gasteiger partial charge is 0.302 e. The highest BCUT2D eigenvalue weighted by Crippen LogP contribution is 2.41. The van der Waals surface area contributed by atoms with E-state index in [1.54, 1.807) is 6.20 Å². The molecular formula is C22H22F2N2O. The van der Waals surface area contributed by atoms with Crippen molar-refractivity contribution in [3.05, 3.63) is 82.2 Å². The summed E-state index contributed by atoms with van der Waals surface area (Å²) in [7, 11) is 0. The Labute approximate surface area is 157 Å². The topological polar surface area (TPSA) is 34.9 Å². The number of rotatable bonds is 3. The van der Waals surface area contributed by atoms with E-state index >= 15 is 0 Å². The Balaban J connectivity index is 0.00000210. The Kier molecular flexibility index (Phi) is 4.72. The van der Waals surface area contributed by atoms with Gasteiger partial charge in [0.15, 0.2) is 5.82 Å². The maximum atomic E-state index is 14.2. The summed E-state index contributed by atoms with van der Waals surface area (Å²) in [6, 6.07) is 9.39. The van der Waals surface area contributed by atoms with E-state index in [0.717, 1.165) is 40.3 Å². The zero-order valence-electron chi connectivity index (χ0n) is 14.6. The molecule has 1 heterocycles. The molecule has 1 aliphatic carbocycles. The smallest absolute Gasteiger partial charge is 0.151 e. The summed E-state index contributed by atoms with van der Waals surface area (Å²) in [5.41, 5.74) is 4.45. The molecule has 3 nitrogen and oxygen atoms in total. The number of carbonyl (C=O) groups excluding carboxylic acids is 1. The molecule has 0 saturated carbocycles. The summed E-state index contributed by atoms with van der Waals surface area (Å²) in [5.74, 6) is -1.31. The fourth-order valence-electron chi connectivity index (χ4n) is 3.93. The Morgan fingerprint density at radius 3 is 2.63 bits per heavy atom. The number of benzene rings is 2. The van der Waals surface area contributed by atoms with Gasteiger partial charge in [0.2, 0.25) is 0 Å². The highest BCUT2D eigenvalue weighted by molar-refractivity contribution is 5.73. The molecule has 4 rings (SSSR count). The van der Waals surface area contributed by atoms with Crippen LogP contribution < -0.4 is 0 Å². The summed E-state index contributed by atoms with van der Waals surface area (Å²) < 4.78 is 28.9. The van der Waals surface area contributed by atoms with Gasteiger partial charge in [-0.05, 0) is 54.7 Å². The lowest BCUT2D eigenvalue weighted by Crippen LogP contribution is -2.30. The van der Waals surface area contributed by atoms with E-state index in [1.165, 1.54) is 16.8 Å². The molecular weight excluding hydrogens is 346 g/mol. The molecule has 0 fully saturated rings. The molecule has 0 spiro atoms. The molecule has 0 aliphatic heterocycles. The molecule has 2 aromatic carbocycles. The van der Waals surface area contributed by atoms with Crippen LogP contribution in [0.5, 0.6) is 0 Å². The highest BCUT2D eigenvalue weighted by Gasteiger charge is 2.42. The minimum atomic E-state index is -0.679. The van der Waals surface area contributed by atoms with Crippen molar-refractivity contribution in [2.24, 2.45) is 0 Å². The van der Waals surface area contributed by atoms with Crippen LogP contribution in [0.1, 0.15) is 35.4 Å². The van der Waals surface area contributed by atoms with E-state index in [-0.39, 0.29) is 13.1 Å². The maximum absolute atomic E-state index is 14.2. The molecule has 1 aliphatic rings. The van der Waals surface area contributed by atoms with Crippen LogP contribution in [0.3, 0.4) is 0 Å². The van der Waals surface area contributed by atoms with Crippen LogP contribution in [0, 0.1) is 25.5 Å². The van der Waals surface area contributed by atoms with E-state index < -0.39 is 17.0 Å². The van der Waals surface area contributed by atoms with Gasteiger partial charge >= 0.3 is 0 Å². The first-order valence-electron chi connectivity index (χ1n) is 8.49. The SMILES string of the molecule is C.Cc1cccc([C@]2(C=O)Cc3cnn(-c4ccc(F)cc4F)c3C2)c1C. The number of carbonyl (C=O) groups is 1. The second-order valence-electron chi connectivity index (χ2n) is 7.00. The third kappa shape index (κ3) is 2.87. The Morgan fingerprint density at radius 1 is 1.15 bits per heavy atom. The quantitative estimate of drug-likeness (QED) is 0.631. The van der Waals surface area contributed by atoms with Gasteiger partial charge in [-0.15, -0.1) is 0 Å². The van der Waals surface area contributed by atoms with Gasteiger partial charge in [0.1, 0.15) is 17.8 Å². The highest BCUT2D eigenvalue weighted by atomic mass is 19.1. The summed E-state index contributed by atoms with van der Waals surface area (Å²) in [5, 5.41) is 4.27. The summed E-state index contributed by atoms with van der Waals surface area (Å²) in [4.78, 5) is 12.2. The lowest BCUT2D eigenvalue weighted by molar-refractivity contribution is -0.112. The van der Waals surface area contributed by atoms with Gasteiger partial charge in [0.25, 0.3) is 0 Å². The van der Waals surface area contributed by atoms with Crippen LogP contribution >= 0.6 is 0 Å². The van der Waals surface area contributed by atoms with E-state index in [0.29, 0.717) is 12.8 Å². The first-order valence-corrected chi connectivity index (χ1v) is 8.49. The molecule has 0 amide bonds. The first-order chi connectivity index (χ1) is 12.4. The molecule has 27 heavy (non-hydrogen) atoms. The third-order valence-electron chi connectivity index (χ3n) is 5.45. The van der Waals surface area contributed by atoms with Gasteiger partial charge in [-0.2, -0.15) is 5.10 Å². The van der Waals surface area contributed by atoms with Crippen LogP contribution in [0.2, 0.25) is 0 Å². The third-order valence-corrected chi connectivity index (χ3v) is 5.45. The molecule has 0 radical (unpaired) electrons. The van der Waals surface area contributed by atoms with Crippen molar-refractivity contribution in [1.29, 1.82) is 0 Å². The molecule has 0 bridgehead atoms. The van der Waals surface area contributed by atoms with Gasteiger partial charge in [-0.25, -0.2) is 13.5 Å². The molecule has 0 saturated heterocycles. The molecule has 1 aromatic heterocycles. The zero-order valence-corrected chi connectivity index (χ0v) is 14.6. The summed E-state index contributed by atoms with van der Waals surface area (Å²) in [6.07, 6.45) is 3.64. The average Bonchev–Trinajstić information content (AvgIpc) is 3.16. The summed E-state index contributed by atoms with van der Waals surface area (Å²) in [6.45, 7) is 4.04. The Hall–Kier alpha value is -2.82. The van der Waals surface area contributed by atoms with E-state index in [2.05, 4.69) is 5.10 Å². The molecule has 1 atom stereocenters. The molecule has 0 N–H and O–H groups in total. The van der Waals surface area contributed by atoms with Crippen LogP contribution in [0.4, 0.5) is 8.78 Å². The molecule has 5 heteroatoms. The molecule has 140 valence electrons.